The number of nitrogens with two attached hydrogens (primary N) is 1. The van der Waals surface area contributed by atoms with E-state index in [1.165, 1.54) is 25.2 Å². The third-order valence-electron chi connectivity index (χ3n) is 17.5. The van der Waals surface area contributed by atoms with Crippen molar-refractivity contribution in [2.75, 3.05) is 32.7 Å². The number of amides is 8. The van der Waals surface area contributed by atoms with Crippen LogP contribution >= 0.6 is 22.7 Å². The van der Waals surface area contributed by atoms with Crippen LogP contribution in [0.2, 0.25) is 0 Å². The average Bonchev–Trinajstić information content (AvgIpc) is 1.29. The Morgan fingerprint density at radius 1 is 0.613 bits per heavy atom. The van der Waals surface area contributed by atoms with Gasteiger partial charge in [-0.3, -0.25) is 33.6 Å². The van der Waals surface area contributed by atoms with Gasteiger partial charge in [-0.15, -0.1) is 0 Å². The molecule has 0 saturated carbocycles. The molecule has 8 amide bonds. The van der Waals surface area contributed by atoms with Crippen molar-refractivity contribution in [3.8, 4) is 0 Å². The molecule has 4 aromatic carbocycles. The second-order valence-corrected chi connectivity index (χ2v) is 27.3. The van der Waals surface area contributed by atoms with Gasteiger partial charge in [-0.25, -0.2) is 4.79 Å². The second kappa shape index (κ2) is 27.6. The van der Waals surface area contributed by atoms with Crippen LogP contribution in [0.4, 0.5) is 27.5 Å². The molecular formula is C71H81N11O9S2. The quantitative estimate of drug-likeness (QED) is 0.0513. The molecule has 4 aliphatic rings. The van der Waals surface area contributed by atoms with Crippen molar-refractivity contribution in [2.45, 2.75) is 161 Å². The average molecular weight is 1300 g/mol. The predicted octanol–water partition coefficient (Wildman–Crippen LogP) is 9.45. The van der Waals surface area contributed by atoms with Gasteiger partial charge in [0.2, 0.25) is 41.4 Å². The summed E-state index contributed by atoms with van der Waals surface area (Å²) in [6.45, 7) is 15.8. The van der Waals surface area contributed by atoms with E-state index in [1.807, 2.05) is 126 Å². The normalized spacial score (nSPS) is 17.2. The first-order chi connectivity index (χ1) is 44.6. The van der Waals surface area contributed by atoms with Crippen LogP contribution < -0.4 is 46.6 Å². The fraction of sp³-hybridized carbons (Fsp3) is 0.380. The van der Waals surface area contributed by atoms with Crippen molar-refractivity contribution < 1.29 is 43.1 Å². The molecular weight excluding hydrogens is 1210 g/mol. The van der Waals surface area contributed by atoms with Crippen molar-refractivity contribution in [1.82, 2.24) is 30.4 Å². The number of nitrogens with zero attached hydrogens (tertiary/aromatic N) is 6. The number of benzene rings is 4. The number of para-hydroxylation sites is 4. The first-order valence-electron chi connectivity index (χ1n) is 31.9. The topological polar surface area (TPSA) is 243 Å². The molecule has 4 aromatic heterocycles. The molecule has 12 rings (SSSR count). The van der Waals surface area contributed by atoms with Gasteiger partial charge in [-0.2, -0.15) is 22.7 Å². The van der Waals surface area contributed by atoms with E-state index < -0.39 is 53.2 Å². The summed E-state index contributed by atoms with van der Waals surface area (Å²) in [5, 5.41) is 21.4. The van der Waals surface area contributed by atoms with Gasteiger partial charge in [0, 0.05) is 92.5 Å². The van der Waals surface area contributed by atoms with Crippen LogP contribution in [0.25, 0.3) is 21.8 Å². The zero-order valence-electron chi connectivity index (χ0n) is 53.7. The van der Waals surface area contributed by atoms with Crippen molar-refractivity contribution in [3.05, 3.63) is 164 Å². The van der Waals surface area contributed by atoms with Crippen LogP contribution in [0, 0.1) is 0 Å². The summed E-state index contributed by atoms with van der Waals surface area (Å²) in [6, 6.07) is 27.8. The number of thiophene rings is 2. The van der Waals surface area contributed by atoms with E-state index in [0.717, 1.165) is 85.9 Å². The maximum absolute atomic E-state index is 14.5. The highest BCUT2D eigenvalue weighted by atomic mass is 32.1. The molecule has 93 heavy (non-hydrogen) atoms. The van der Waals surface area contributed by atoms with Gasteiger partial charge in [0.05, 0.1) is 41.9 Å². The molecule has 0 spiro atoms. The van der Waals surface area contributed by atoms with E-state index in [1.54, 1.807) is 51.7 Å². The number of fused-ring (bicyclic) bond motifs is 4. The number of ether oxygens (including phenoxy) is 1. The molecule has 0 aliphatic carbocycles. The van der Waals surface area contributed by atoms with Crippen LogP contribution in [0.15, 0.2) is 131 Å². The zero-order chi connectivity index (χ0) is 65.9. The Hall–Kier alpha value is -9.12. The van der Waals surface area contributed by atoms with Gasteiger partial charge in [-0.1, -0.05) is 60.7 Å². The van der Waals surface area contributed by atoms with E-state index in [4.69, 9.17) is 10.5 Å². The first kappa shape index (κ1) is 65.4. The number of nitrogens with one attached hydrogen (secondary N) is 4. The Kier molecular flexibility index (Phi) is 19.4. The molecule has 486 valence electrons. The predicted molar refractivity (Wildman–Crippen MR) is 364 cm³/mol. The lowest BCUT2D eigenvalue weighted by molar-refractivity contribution is -0.133. The van der Waals surface area contributed by atoms with E-state index in [9.17, 15) is 38.4 Å². The highest BCUT2D eigenvalue weighted by molar-refractivity contribution is 7.08. The van der Waals surface area contributed by atoms with Crippen molar-refractivity contribution in [3.63, 3.8) is 0 Å². The Morgan fingerprint density at radius 3 is 1.53 bits per heavy atom. The van der Waals surface area contributed by atoms with E-state index in [-0.39, 0.29) is 48.9 Å². The number of rotatable bonds is 19. The summed E-state index contributed by atoms with van der Waals surface area (Å²) in [5.41, 5.74) is 14.8. The number of carbonyl (C=O) groups is 8. The Morgan fingerprint density at radius 2 is 1.09 bits per heavy atom. The molecule has 0 bridgehead atoms. The van der Waals surface area contributed by atoms with Gasteiger partial charge >= 0.3 is 6.09 Å². The van der Waals surface area contributed by atoms with Crippen molar-refractivity contribution in [2.24, 2.45) is 5.73 Å². The lowest BCUT2D eigenvalue weighted by Gasteiger charge is -2.37. The molecule has 22 heteroatoms. The fourth-order valence-electron chi connectivity index (χ4n) is 13.0. The molecule has 6 N–H and O–H groups in total. The molecule has 2 saturated heterocycles. The van der Waals surface area contributed by atoms with Gasteiger partial charge in [0.1, 0.15) is 29.3 Å². The van der Waals surface area contributed by atoms with Crippen LogP contribution in [-0.2, 0) is 90.2 Å². The largest absolute Gasteiger partial charge is 0.444 e. The highest BCUT2D eigenvalue weighted by Crippen LogP contribution is 2.42. The summed E-state index contributed by atoms with van der Waals surface area (Å²) in [7, 11) is 0. The number of hydrogen-bond donors (Lipinski definition) is 5. The van der Waals surface area contributed by atoms with Crippen molar-refractivity contribution >= 4 is 115 Å². The first-order valence-corrected chi connectivity index (χ1v) is 33.8. The molecule has 2 unspecified atom stereocenters. The fourth-order valence-corrected chi connectivity index (χ4v) is 14.3. The van der Waals surface area contributed by atoms with E-state index >= 15 is 0 Å². The number of anilines is 4. The number of carbonyl (C=O) groups excluding carboxylic acids is 8. The summed E-state index contributed by atoms with van der Waals surface area (Å²) >= 11 is 3.10. The van der Waals surface area contributed by atoms with Crippen LogP contribution in [0.3, 0.4) is 0 Å². The van der Waals surface area contributed by atoms with Crippen LogP contribution in [0.5, 0.6) is 0 Å². The second-order valence-electron chi connectivity index (χ2n) is 25.7. The van der Waals surface area contributed by atoms with Gasteiger partial charge in [-0.05, 0) is 159 Å². The van der Waals surface area contributed by atoms with Crippen molar-refractivity contribution in [1.29, 1.82) is 0 Å². The maximum Gasteiger partial charge on any atom is 0.408 e. The number of alkyl carbamates (subject to hydrolysis) is 1. The Bertz CT molecular complexity index is 4130. The summed E-state index contributed by atoms with van der Waals surface area (Å²) < 4.78 is 9.64. The molecule has 20 nitrogen and oxygen atoms in total. The molecule has 4 aliphatic heterocycles. The maximum atomic E-state index is 14.5. The summed E-state index contributed by atoms with van der Waals surface area (Å²) in [4.78, 5) is 115. The number of hydrogen-bond acceptors (Lipinski definition) is 12. The Balaban J connectivity index is 0.000000197. The van der Waals surface area contributed by atoms with Gasteiger partial charge < -0.3 is 60.5 Å². The van der Waals surface area contributed by atoms with Gasteiger partial charge in [0.25, 0.3) is 0 Å². The van der Waals surface area contributed by atoms with Crippen LogP contribution in [0.1, 0.15) is 108 Å². The highest BCUT2D eigenvalue weighted by Gasteiger charge is 2.42. The monoisotopic (exact) mass is 1300 g/mol. The summed E-state index contributed by atoms with van der Waals surface area (Å²) in [6.07, 6.45) is 6.83. The third-order valence-corrected chi connectivity index (χ3v) is 19.0. The van der Waals surface area contributed by atoms with Gasteiger partial charge in [0.15, 0.2) is 0 Å². The minimum atomic E-state index is -1.45. The molecule has 2 fully saturated rings. The molecule has 0 radical (unpaired) electrons. The lowest BCUT2D eigenvalue weighted by atomic mass is 9.94. The lowest BCUT2D eigenvalue weighted by Crippen LogP contribution is -2.61. The molecule has 8 heterocycles. The molecule has 4 atom stereocenters. The zero-order valence-corrected chi connectivity index (χ0v) is 55.3. The number of aryl methyl sites for hydroxylation is 2. The smallest absolute Gasteiger partial charge is 0.408 e. The minimum absolute atomic E-state index is 0.0175. The molecule has 8 aromatic rings. The van der Waals surface area contributed by atoms with E-state index in [0.29, 0.717) is 63.2 Å². The SMILES string of the molecule is CCn1cc(C[C@@H](N)C(=O)NC2Cc3cccc(N4CCCC4=O)c3N(Cc3ccsc3)C2=O)c2ccccc21.CCn1cc(C[C@@H](NC(=O)C(C)(C)NC(=O)OC(C)(C)C)C(=O)NC2Cc3cccc(N4CCCC4=O)c3N(Cc3ccsc3)C2=O)c2ccccc21. The standard InChI is InChI=1S/C40H48N6O6S.C31H33N5O3S/c1-7-44-23-27(28-13-8-9-14-31(28)44)21-29(42-37(50)40(5,6)43-38(51)52-39(2,3)4)35(48)41-30-20-26-12-10-15-32(45-18-11-16-33(45)47)34(26)46(36(30)49)22-25-17-19-53-24-25;1-2-34-18-22(23-8-3-4-9-26(23)34)15-24(32)30(38)33-25-16-21-7-5-10-27(35-13-6-11-28(35)37)29(21)36(31(25)39)17-20-12-14-40-19-20/h8-10,12-15,17,19,23-24,29-30H,7,11,16,18,20-22H2,1-6H3,(H,41,48)(H,42,50)(H,43,51);3-5,7-10,12,14,18-19,24-25H,2,6,11,13,15-17,32H2,1H3,(H,33,38)/t29-,30?;24-,25?/m11/s1. The number of aromatic nitrogens is 2. The van der Waals surface area contributed by atoms with Crippen LogP contribution in [-0.4, -0.2) is 105 Å². The summed E-state index contributed by atoms with van der Waals surface area (Å²) in [5.74, 6) is -1.90. The third kappa shape index (κ3) is 14.3. The van der Waals surface area contributed by atoms with E-state index in [2.05, 4.69) is 49.6 Å². The minimum Gasteiger partial charge on any atom is -0.444 e. The Labute approximate surface area is 549 Å².